The van der Waals surface area contributed by atoms with Crippen LogP contribution in [0.1, 0.15) is 44.0 Å². The molecule has 0 saturated carbocycles. The number of halogens is 1. The minimum absolute atomic E-state index is 0.407. The fourth-order valence-corrected chi connectivity index (χ4v) is 3.49. The lowest BCUT2D eigenvalue weighted by molar-refractivity contribution is 0.112. The van der Waals surface area contributed by atoms with Gasteiger partial charge in [-0.25, -0.2) is 0 Å². The van der Waals surface area contributed by atoms with Gasteiger partial charge >= 0.3 is 0 Å². The molecule has 0 amide bonds. The summed E-state index contributed by atoms with van der Waals surface area (Å²) >= 11 is 3.58. The van der Waals surface area contributed by atoms with Crippen molar-refractivity contribution in [2.75, 3.05) is 18.0 Å². The standard InChI is InChI=1S/C16H22BrNO/c1-16(2,3)13-6-8-18(9-7-13)15-5-4-12(11-19)10-14(15)17/h4-5,10-11,13H,6-9H2,1-3H3. The summed E-state index contributed by atoms with van der Waals surface area (Å²) in [6.45, 7) is 9.20. The maximum Gasteiger partial charge on any atom is 0.150 e. The normalized spacial score (nSPS) is 17.6. The van der Waals surface area contributed by atoms with Crippen LogP contribution in [0.3, 0.4) is 0 Å². The lowest BCUT2D eigenvalue weighted by Crippen LogP contribution is -2.38. The van der Waals surface area contributed by atoms with Crippen LogP contribution in [-0.4, -0.2) is 19.4 Å². The largest absolute Gasteiger partial charge is 0.371 e. The van der Waals surface area contributed by atoms with Gasteiger partial charge < -0.3 is 4.90 Å². The Morgan fingerprint density at radius 2 is 1.89 bits per heavy atom. The van der Waals surface area contributed by atoms with Gasteiger partial charge in [0.15, 0.2) is 0 Å². The van der Waals surface area contributed by atoms with Gasteiger partial charge in [-0.3, -0.25) is 4.79 Å². The van der Waals surface area contributed by atoms with Crippen LogP contribution in [-0.2, 0) is 0 Å². The highest BCUT2D eigenvalue weighted by Crippen LogP contribution is 2.37. The number of nitrogens with zero attached hydrogens (tertiary/aromatic N) is 1. The van der Waals surface area contributed by atoms with Crippen LogP contribution in [0.15, 0.2) is 22.7 Å². The zero-order chi connectivity index (χ0) is 14.0. The number of aldehydes is 1. The van der Waals surface area contributed by atoms with Crippen molar-refractivity contribution in [3.8, 4) is 0 Å². The summed E-state index contributed by atoms with van der Waals surface area (Å²) in [7, 11) is 0. The topological polar surface area (TPSA) is 20.3 Å². The molecule has 2 rings (SSSR count). The second kappa shape index (κ2) is 5.66. The molecule has 0 atom stereocenters. The molecule has 1 fully saturated rings. The van der Waals surface area contributed by atoms with E-state index in [-0.39, 0.29) is 0 Å². The molecule has 1 aromatic rings. The van der Waals surface area contributed by atoms with Crippen LogP contribution >= 0.6 is 15.9 Å². The van der Waals surface area contributed by atoms with Gasteiger partial charge in [-0.2, -0.15) is 0 Å². The van der Waals surface area contributed by atoms with Gasteiger partial charge in [0, 0.05) is 23.1 Å². The molecule has 1 saturated heterocycles. The number of carbonyl (C=O) groups is 1. The molecule has 19 heavy (non-hydrogen) atoms. The van der Waals surface area contributed by atoms with Crippen molar-refractivity contribution in [2.24, 2.45) is 11.3 Å². The summed E-state index contributed by atoms with van der Waals surface area (Å²) < 4.78 is 1.02. The molecule has 0 spiro atoms. The number of rotatable bonds is 2. The van der Waals surface area contributed by atoms with Gasteiger partial charge in [0.25, 0.3) is 0 Å². The predicted octanol–water partition coefficient (Wildman–Crippen LogP) is 4.52. The summed E-state index contributed by atoms with van der Waals surface area (Å²) in [6, 6.07) is 5.84. The van der Waals surface area contributed by atoms with Gasteiger partial charge in [0.2, 0.25) is 0 Å². The van der Waals surface area contributed by atoms with E-state index in [1.54, 1.807) is 0 Å². The Morgan fingerprint density at radius 3 is 2.37 bits per heavy atom. The molecule has 0 unspecified atom stereocenters. The van der Waals surface area contributed by atoms with Gasteiger partial charge in [-0.1, -0.05) is 20.8 Å². The highest BCUT2D eigenvalue weighted by molar-refractivity contribution is 9.10. The number of piperidine rings is 1. The first kappa shape index (κ1) is 14.6. The smallest absolute Gasteiger partial charge is 0.150 e. The van der Waals surface area contributed by atoms with Crippen LogP contribution in [0, 0.1) is 11.3 Å². The second-order valence-electron chi connectivity index (χ2n) is 6.46. The van der Waals surface area contributed by atoms with E-state index in [4.69, 9.17) is 0 Å². The summed E-state index contributed by atoms with van der Waals surface area (Å²) in [5, 5.41) is 0. The van der Waals surface area contributed by atoms with E-state index in [1.807, 2.05) is 18.2 Å². The quantitative estimate of drug-likeness (QED) is 0.745. The number of hydrogen-bond acceptors (Lipinski definition) is 2. The monoisotopic (exact) mass is 323 g/mol. The molecule has 0 radical (unpaired) electrons. The Balaban J connectivity index is 2.08. The minimum atomic E-state index is 0.407. The molecule has 1 heterocycles. The van der Waals surface area contributed by atoms with E-state index in [0.29, 0.717) is 5.41 Å². The van der Waals surface area contributed by atoms with Gasteiger partial charge in [0.1, 0.15) is 6.29 Å². The molecule has 0 N–H and O–H groups in total. The minimum Gasteiger partial charge on any atom is -0.371 e. The van der Waals surface area contributed by atoms with Crippen molar-refractivity contribution in [3.63, 3.8) is 0 Å². The Morgan fingerprint density at radius 1 is 1.26 bits per heavy atom. The Kier molecular flexibility index (Phi) is 4.34. The van der Waals surface area contributed by atoms with E-state index in [2.05, 4.69) is 41.6 Å². The molecule has 0 aliphatic carbocycles. The molecule has 3 heteroatoms. The van der Waals surface area contributed by atoms with Crippen molar-refractivity contribution < 1.29 is 4.79 Å². The molecule has 2 nitrogen and oxygen atoms in total. The van der Waals surface area contributed by atoms with Crippen molar-refractivity contribution in [1.29, 1.82) is 0 Å². The molecule has 0 aromatic heterocycles. The van der Waals surface area contributed by atoms with E-state index >= 15 is 0 Å². The number of anilines is 1. The SMILES string of the molecule is CC(C)(C)C1CCN(c2ccc(C=O)cc2Br)CC1. The lowest BCUT2D eigenvalue weighted by Gasteiger charge is -2.40. The van der Waals surface area contributed by atoms with Gasteiger partial charge in [-0.15, -0.1) is 0 Å². The third kappa shape index (κ3) is 3.38. The second-order valence-corrected chi connectivity index (χ2v) is 7.31. The van der Waals surface area contributed by atoms with E-state index < -0.39 is 0 Å². The van der Waals surface area contributed by atoms with Crippen LogP contribution in [0.5, 0.6) is 0 Å². The van der Waals surface area contributed by atoms with Crippen LogP contribution in [0.4, 0.5) is 5.69 Å². The average Bonchev–Trinajstić information content (AvgIpc) is 2.37. The summed E-state index contributed by atoms with van der Waals surface area (Å²) in [5.41, 5.74) is 2.34. The molecule has 1 aliphatic rings. The highest BCUT2D eigenvalue weighted by Gasteiger charge is 2.29. The Hall–Kier alpha value is -0.830. The highest BCUT2D eigenvalue weighted by atomic mass is 79.9. The first-order valence-electron chi connectivity index (χ1n) is 6.91. The lowest BCUT2D eigenvalue weighted by atomic mass is 9.75. The number of hydrogen-bond donors (Lipinski definition) is 0. The van der Waals surface area contributed by atoms with E-state index in [1.165, 1.54) is 18.5 Å². The number of benzene rings is 1. The van der Waals surface area contributed by atoms with Crippen molar-refractivity contribution in [1.82, 2.24) is 0 Å². The van der Waals surface area contributed by atoms with Gasteiger partial charge in [0.05, 0.1) is 5.69 Å². The van der Waals surface area contributed by atoms with Crippen molar-refractivity contribution in [3.05, 3.63) is 28.2 Å². The van der Waals surface area contributed by atoms with Crippen LogP contribution < -0.4 is 4.90 Å². The molecule has 104 valence electrons. The Labute approximate surface area is 124 Å². The third-order valence-corrected chi connectivity index (χ3v) is 4.80. The van der Waals surface area contributed by atoms with Crippen LogP contribution in [0.25, 0.3) is 0 Å². The maximum absolute atomic E-state index is 10.8. The summed E-state index contributed by atoms with van der Waals surface area (Å²) in [5.74, 6) is 0.803. The number of carbonyl (C=O) groups excluding carboxylic acids is 1. The Bertz CT molecular complexity index is 456. The van der Waals surface area contributed by atoms with Crippen molar-refractivity contribution >= 4 is 27.9 Å². The third-order valence-electron chi connectivity index (χ3n) is 4.17. The molecular weight excluding hydrogens is 302 g/mol. The zero-order valence-corrected chi connectivity index (χ0v) is 13.5. The average molecular weight is 324 g/mol. The first-order chi connectivity index (χ1) is 8.91. The predicted molar refractivity (Wildman–Crippen MR) is 83.9 cm³/mol. The maximum atomic E-state index is 10.8. The summed E-state index contributed by atoms with van der Waals surface area (Å²) in [4.78, 5) is 13.2. The first-order valence-corrected chi connectivity index (χ1v) is 7.71. The molecule has 1 aliphatic heterocycles. The summed E-state index contributed by atoms with van der Waals surface area (Å²) in [6.07, 6.45) is 3.37. The fourth-order valence-electron chi connectivity index (χ4n) is 2.84. The zero-order valence-electron chi connectivity index (χ0n) is 11.9. The molecular formula is C16H22BrNO. The van der Waals surface area contributed by atoms with Crippen LogP contribution in [0.2, 0.25) is 0 Å². The van der Waals surface area contributed by atoms with Gasteiger partial charge in [-0.05, 0) is 58.3 Å². The fraction of sp³-hybridized carbons (Fsp3) is 0.562. The molecule has 0 bridgehead atoms. The van der Waals surface area contributed by atoms with E-state index in [9.17, 15) is 4.79 Å². The van der Waals surface area contributed by atoms with E-state index in [0.717, 1.165) is 35.3 Å². The molecule has 1 aromatic carbocycles. The van der Waals surface area contributed by atoms with Crippen molar-refractivity contribution in [2.45, 2.75) is 33.6 Å².